The Kier molecular flexibility index (Phi) is 4.07. The molecule has 0 aromatic carbocycles. The maximum absolute atomic E-state index is 6.28. The molecule has 1 aliphatic carbocycles. The summed E-state index contributed by atoms with van der Waals surface area (Å²) in [5.41, 5.74) is 2.11. The Hall–Kier alpha value is -1.29. The fourth-order valence-electron chi connectivity index (χ4n) is 3.09. The average molecular weight is 307 g/mol. The summed E-state index contributed by atoms with van der Waals surface area (Å²) in [6, 6.07) is 2.13. The van der Waals surface area contributed by atoms with Gasteiger partial charge < -0.3 is 5.32 Å². The van der Waals surface area contributed by atoms with Gasteiger partial charge in [0.05, 0.1) is 11.2 Å². The number of nitrogens with one attached hydrogen (secondary N) is 1. The fraction of sp³-hybridized carbons (Fsp3) is 0.625. The van der Waals surface area contributed by atoms with E-state index in [0.29, 0.717) is 11.8 Å². The maximum Gasteiger partial charge on any atom is 0.152 e. The van der Waals surface area contributed by atoms with Gasteiger partial charge in [0.25, 0.3) is 0 Å². The van der Waals surface area contributed by atoms with E-state index < -0.39 is 0 Å². The van der Waals surface area contributed by atoms with E-state index in [0.717, 1.165) is 29.9 Å². The average Bonchev–Trinajstić information content (AvgIpc) is 2.94. The topological polar surface area (TPSA) is 42.2 Å². The minimum atomic E-state index is -0.0170. The second-order valence-corrected chi connectivity index (χ2v) is 6.70. The monoisotopic (exact) mass is 306 g/mol. The van der Waals surface area contributed by atoms with E-state index in [1.54, 1.807) is 6.20 Å². The van der Waals surface area contributed by atoms with E-state index >= 15 is 0 Å². The molecule has 114 valence electrons. The number of halogens is 1. The van der Waals surface area contributed by atoms with Gasteiger partial charge in [-0.15, -0.1) is 11.6 Å². The van der Waals surface area contributed by atoms with Crippen LogP contribution < -0.4 is 5.32 Å². The van der Waals surface area contributed by atoms with Crippen LogP contribution in [0.3, 0.4) is 0 Å². The van der Waals surface area contributed by atoms with Crippen molar-refractivity contribution >= 4 is 22.9 Å². The molecule has 0 aliphatic heterocycles. The van der Waals surface area contributed by atoms with E-state index in [9.17, 15) is 0 Å². The van der Waals surface area contributed by atoms with Crippen molar-refractivity contribution in [1.82, 2.24) is 14.6 Å². The number of anilines is 1. The predicted molar refractivity (Wildman–Crippen MR) is 87.2 cm³/mol. The van der Waals surface area contributed by atoms with Gasteiger partial charge in [-0.25, -0.2) is 9.50 Å². The molecule has 2 aromatic heterocycles. The van der Waals surface area contributed by atoms with Crippen LogP contribution in [0.25, 0.3) is 5.52 Å². The van der Waals surface area contributed by atoms with Crippen LogP contribution >= 0.6 is 11.6 Å². The number of hydrogen-bond donors (Lipinski definition) is 1. The van der Waals surface area contributed by atoms with Gasteiger partial charge in [-0.2, -0.15) is 5.10 Å². The molecule has 1 fully saturated rings. The molecule has 0 atom stereocenters. The lowest BCUT2D eigenvalue weighted by molar-refractivity contribution is 0.352. The molecule has 1 N–H and O–H groups in total. The number of alkyl halides is 1. The zero-order valence-corrected chi connectivity index (χ0v) is 13.5. The number of aromatic nitrogens is 3. The highest BCUT2D eigenvalue weighted by atomic mass is 35.5. The van der Waals surface area contributed by atoms with Crippen LogP contribution in [0.2, 0.25) is 0 Å². The molecule has 5 heteroatoms. The summed E-state index contributed by atoms with van der Waals surface area (Å²) in [6.45, 7) is 4.31. The molecule has 4 nitrogen and oxygen atoms in total. The van der Waals surface area contributed by atoms with Gasteiger partial charge in [-0.05, 0) is 24.8 Å². The molecule has 2 aromatic rings. The predicted octanol–water partition coefficient (Wildman–Crippen LogP) is 4.21. The van der Waals surface area contributed by atoms with Crippen molar-refractivity contribution < 1.29 is 0 Å². The van der Waals surface area contributed by atoms with Crippen molar-refractivity contribution in [2.24, 2.45) is 0 Å². The van der Waals surface area contributed by atoms with Gasteiger partial charge in [0, 0.05) is 18.3 Å². The highest BCUT2D eigenvalue weighted by Gasteiger charge is 2.32. The highest BCUT2D eigenvalue weighted by molar-refractivity contribution is 6.18. The molecule has 0 bridgehead atoms. The summed E-state index contributed by atoms with van der Waals surface area (Å²) in [7, 11) is 0. The van der Waals surface area contributed by atoms with Crippen molar-refractivity contribution in [3.8, 4) is 0 Å². The van der Waals surface area contributed by atoms with Gasteiger partial charge in [-0.3, -0.25) is 0 Å². The normalized spacial score (nSPS) is 18.3. The van der Waals surface area contributed by atoms with Crippen LogP contribution in [0.1, 0.15) is 57.6 Å². The summed E-state index contributed by atoms with van der Waals surface area (Å²) in [5, 5.41) is 8.25. The molecule has 2 heterocycles. The van der Waals surface area contributed by atoms with Crippen molar-refractivity contribution in [3.05, 3.63) is 24.2 Å². The van der Waals surface area contributed by atoms with Crippen LogP contribution in [0.4, 0.5) is 5.82 Å². The minimum Gasteiger partial charge on any atom is -0.362 e. The zero-order valence-electron chi connectivity index (χ0n) is 12.8. The molecular weight excluding hydrogens is 284 g/mol. The summed E-state index contributed by atoms with van der Waals surface area (Å²) in [5.74, 6) is 1.94. The Bertz CT molecular complexity index is 614. The smallest absolute Gasteiger partial charge is 0.152 e. The van der Waals surface area contributed by atoms with Crippen molar-refractivity contribution in [2.75, 3.05) is 11.2 Å². The molecule has 0 unspecified atom stereocenters. The molecule has 0 saturated heterocycles. The van der Waals surface area contributed by atoms with E-state index in [1.807, 2.05) is 10.7 Å². The quantitative estimate of drug-likeness (QED) is 0.861. The van der Waals surface area contributed by atoms with E-state index in [-0.39, 0.29) is 5.54 Å². The van der Waals surface area contributed by atoms with Crippen molar-refractivity contribution in [3.63, 3.8) is 0 Å². The minimum absolute atomic E-state index is 0.0170. The third kappa shape index (κ3) is 2.86. The van der Waals surface area contributed by atoms with Gasteiger partial charge in [0.15, 0.2) is 5.82 Å². The lowest BCUT2D eigenvalue weighted by Crippen LogP contribution is -2.42. The third-order valence-electron chi connectivity index (χ3n) is 4.45. The first-order chi connectivity index (χ1) is 10.1. The summed E-state index contributed by atoms with van der Waals surface area (Å²) < 4.78 is 1.91. The SMILES string of the molecule is CC(C)c1cc2c(NC3(CCl)CCCCC3)nccn2n1. The Labute approximate surface area is 130 Å². The molecule has 0 spiro atoms. The van der Waals surface area contributed by atoms with Gasteiger partial charge in [0.2, 0.25) is 0 Å². The van der Waals surface area contributed by atoms with Gasteiger partial charge in [0.1, 0.15) is 5.52 Å². The largest absolute Gasteiger partial charge is 0.362 e. The first-order valence-corrected chi connectivity index (χ1v) is 8.35. The summed E-state index contributed by atoms with van der Waals surface area (Å²) in [6.07, 6.45) is 9.72. The first kappa shape index (κ1) is 14.6. The Morgan fingerprint density at radius 3 is 2.76 bits per heavy atom. The van der Waals surface area contributed by atoms with Crippen LogP contribution in [0, 0.1) is 0 Å². The lowest BCUT2D eigenvalue weighted by Gasteiger charge is -2.37. The number of hydrogen-bond acceptors (Lipinski definition) is 3. The van der Waals surface area contributed by atoms with Crippen molar-refractivity contribution in [2.45, 2.75) is 57.4 Å². The molecule has 21 heavy (non-hydrogen) atoms. The standard InChI is InChI=1S/C16H23ClN4/c1-12(2)13-10-14-15(18-8-9-21(14)20-13)19-16(11-17)6-4-3-5-7-16/h8-10,12H,3-7,11H2,1-2H3,(H,18,19). The van der Waals surface area contributed by atoms with Crippen LogP contribution in [0.5, 0.6) is 0 Å². The van der Waals surface area contributed by atoms with Gasteiger partial charge >= 0.3 is 0 Å². The Morgan fingerprint density at radius 2 is 2.10 bits per heavy atom. The Balaban J connectivity index is 1.96. The van der Waals surface area contributed by atoms with Gasteiger partial charge in [-0.1, -0.05) is 33.1 Å². The number of rotatable bonds is 4. The zero-order chi connectivity index (χ0) is 14.9. The molecule has 3 rings (SSSR count). The Morgan fingerprint density at radius 1 is 1.33 bits per heavy atom. The molecular formula is C16H23ClN4. The summed E-state index contributed by atoms with van der Waals surface area (Å²) in [4.78, 5) is 4.54. The maximum atomic E-state index is 6.28. The van der Waals surface area contributed by atoms with Crippen molar-refractivity contribution in [1.29, 1.82) is 0 Å². The molecule has 1 aliphatic rings. The lowest BCUT2D eigenvalue weighted by atomic mass is 9.83. The van der Waals surface area contributed by atoms with Crippen LogP contribution in [-0.2, 0) is 0 Å². The number of fused-ring (bicyclic) bond motifs is 1. The highest BCUT2D eigenvalue weighted by Crippen LogP contribution is 2.33. The number of nitrogens with zero attached hydrogens (tertiary/aromatic N) is 3. The molecule has 0 radical (unpaired) electrons. The fourth-order valence-corrected chi connectivity index (χ4v) is 3.43. The molecule has 0 amide bonds. The van der Waals surface area contributed by atoms with Crippen LogP contribution in [-0.4, -0.2) is 26.0 Å². The third-order valence-corrected chi connectivity index (χ3v) is 4.96. The van der Waals surface area contributed by atoms with Crippen LogP contribution in [0.15, 0.2) is 18.5 Å². The first-order valence-electron chi connectivity index (χ1n) is 7.82. The van der Waals surface area contributed by atoms with E-state index in [1.165, 1.54) is 19.3 Å². The second-order valence-electron chi connectivity index (χ2n) is 6.43. The van der Waals surface area contributed by atoms with E-state index in [4.69, 9.17) is 11.6 Å². The second kappa shape index (κ2) is 5.84. The molecule has 1 saturated carbocycles. The van der Waals surface area contributed by atoms with E-state index in [2.05, 4.69) is 35.3 Å². The summed E-state index contributed by atoms with van der Waals surface area (Å²) >= 11 is 6.28.